The first-order chi connectivity index (χ1) is 8.75. The van der Waals surface area contributed by atoms with E-state index < -0.39 is 5.97 Å². The van der Waals surface area contributed by atoms with Crippen LogP contribution in [0, 0.1) is 0 Å². The van der Waals surface area contributed by atoms with Gasteiger partial charge in [0.25, 0.3) is 0 Å². The lowest BCUT2D eigenvalue weighted by Gasteiger charge is -2.03. The predicted octanol–water partition coefficient (Wildman–Crippen LogP) is 2.38. The molecule has 1 aromatic carbocycles. The van der Waals surface area contributed by atoms with Gasteiger partial charge in [0.2, 0.25) is 0 Å². The largest absolute Gasteiger partial charge is 0.478 e. The molecule has 0 aliphatic carbocycles. The van der Waals surface area contributed by atoms with Crippen LogP contribution in [0.3, 0.4) is 0 Å². The molecule has 0 atom stereocenters. The first-order valence-corrected chi connectivity index (χ1v) is 5.46. The van der Waals surface area contributed by atoms with E-state index in [9.17, 15) is 4.79 Å². The van der Waals surface area contributed by atoms with Crippen LogP contribution in [0.15, 0.2) is 47.2 Å². The third kappa shape index (κ3) is 1.66. The summed E-state index contributed by atoms with van der Waals surface area (Å²) in [5.74, 6) is -0.189. The van der Waals surface area contributed by atoms with Crippen molar-refractivity contribution in [3.05, 3.63) is 54.0 Å². The molecule has 0 bridgehead atoms. The number of aromatic nitrogens is 2. The molecule has 3 aromatic rings. The molecular formula is C13H10N2O3. The van der Waals surface area contributed by atoms with Gasteiger partial charge >= 0.3 is 5.97 Å². The summed E-state index contributed by atoms with van der Waals surface area (Å²) in [5, 5.41) is 13.5. The number of fused-ring (bicyclic) bond motifs is 1. The fraction of sp³-hybridized carbons (Fsp3) is 0.0769. The number of hydrogen-bond acceptors (Lipinski definition) is 3. The quantitative estimate of drug-likeness (QED) is 0.765. The number of hydrogen-bond donors (Lipinski definition) is 1. The Labute approximate surface area is 102 Å². The van der Waals surface area contributed by atoms with E-state index in [1.165, 1.54) is 0 Å². The van der Waals surface area contributed by atoms with Gasteiger partial charge in [-0.15, -0.1) is 0 Å². The lowest BCUT2D eigenvalue weighted by Crippen LogP contribution is -1.99. The summed E-state index contributed by atoms with van der Waals surface area (Å²) in [4.78, 5) is 11.1. The lowest BCUT2D eigenvalue weighted by atomic mass is 10.1. The van der Waals surface area contributed by atoms with Gasteiger partial charge < -0.3 is 14.2 Å². The number of nitrogens with zero attached hydrogens (tertiary/aromatic N) is 2. The molecule has 0 amide bonds. The second kappa shape index (κ2) is 4.03. The van der Waals surface area contributed by atoms with Crippen molar-refractivity contribution in [3.63, 3.8) is 0 Å². The second-order valence-corrected chi connectivity index (χ2v) is 3.97. The zero-order valence-corrected chi connectivity index (χ0v) is 9.41. The Morgan fingerprint density at radius 1 is 1.33 bits per heavy atom. The van der Waals surface area contributed by atoms with Gasteiger partial charge in [-0.2, -0.15) is 0 Å². The van der Waals surface area contributed by atoms with Gasteiger partial charge in [-0.05, 0) is 18.2 Å². The first kappa shape index (κ1) is 10.6. The minimum absolute atomic E-state index is 0.309. The first-order valence-electron chi connectivity index (χ1n) is 5.46. The second-order valence-electron chi connectivity index (χ2n) is 3.97. The fourth-order valence-electron chi connectivity index (χ4n) is 2.04. The van der Waals surface area contributed by atoms with Crippen LogP contribution in [0.4, 0.5) is 0 Å². The van der Waals surface area contributed by atoms with Crippen LogP contribution in [0.1, 0.15) is 16.1 Å². The Hall–Kier alpha value is -2.56. The van der Waals surface area contributed by atoms with Gasteiger partial charge in [0, 0.05) is 23.2 Å². The third-order valence-corrected chi connectivity index (χ3v) is 2.86. The molecular weight excluding hydrogens is 232 g/mol. The summed E-state index contributed by atoms with van der Waals surface area (Å²) in [6, 6.07) is 8.81. The minimum Gasteiger partial charge on any atom is -0.478 e. The summed E-state index contributed by atoms with van der Waals surface area (Å²) in [5.41, 5.74) is 1.18. The van der Waals surface area contributed by atoms with Crippen molar-refractivity contribution in [2.24, 2.45) is 0 Å². The lowest BCUT2D eigenvalue weighted by molar-refractivity contribution is 0.0699. The Morgan fingerprint density at radius 3 is 2.94 bits per heavy atom. The summed E-state index contributed by atoms with van der Waals surface area (Å²) in [6.07, 6.45) is 3.43. The smallest absolute Gasteiger partial charge is 0.336 e. The highest BCUT2D eigenvalue weighted by molar-refractivity contribution is 6.02. The Kier molecular flexibility index (Phi) is 2.37. The van der Waals surface area contributed by atoms with Crippen molar-refractivity contribution < 1.29 is 14.4 Å². The maximum Gasteiger partial charge on any atom is 0.336 e. The molecule has 2 heterocycles. The molecule has 2 aromatic heterocycles. The third-order valence-electron chi connectivity index (χ3n) is 2.86. The molecule has 0 aliphatic rings. The van der Waals surface area contributed by atoms with E-state index in [4.69, 9.17) is 9.63 Å². The van der Waals surface area contributed by atoms with E-state index in [1.54, 1.807) is 30.5 Å². The van der Waals surface area contributed by atoms with Crippen molar-refractivity contribution in [3.8, 4) is 0 Å². The number of carboxylic acids is 1. The molecule has 90 valence electrons. The highest BCUT2D eigenvalue weighted by atomic mass is 16.5. The van der Waals surface area contributed by atoms with Gasteiger partial charge in [0.15, 0.2) is 5.76 Å². The Balaban J connectivity index is 2.09. The van der Waals surface area contributed by atoms with Gasteiger partial charge in [-0.1, -0.05) is 11.2 Å². The highest BCUT2D eigenvalue weighted by Crippen LogP contribution is 2.21. The minimum atomic E-state index is -0.919. The standard InChI is InChI=1S/C13H10N2O3/c16-13(17)11-2-1-3-12-10(11)5-7-15(12)8-9-4-6-14-18-9/h1-7H,8H2,(H,16,17). The molecule has 18 heavy (non-hydrogen) atoms. The molecule has 0 unspecified atom stereocenters. The van der Waals surface area contributed by atoms with Crippen LogP contribution < -0.4 is 0 Å². The molecule has 5 heteroatoms. The van der Waals surface area contributed by atoms with Crippen LogP contribution in [-0.2, 0) is 6.54 Å². The predicted molar refractivity (Wildman–Crippen MR) is 64.5 cm³/mol. The maximum absolute atomic E-state index is 11.1. The zero-order valence-electron chi connectivity index (χ0n) is 9.41. The molecule has 0 saturated carbocycles. The van der Waals surface area contributed by atoms with Gasteiger partial charge in [-0.25, -0.2) is 4.79 Å². The van der Waals surface area contributed by atoms with Crippen LogP contribution in [0.5, 0.6) is 0 Å². The molecule has 3 rings (SSSR count). The molecule has 0 aliphatic heterocycles. The van der Waals surface area contributed by atoms with E-state index in [1.807, 2.05) is 16.8 Å². The number of carboxylic acid groups (broad SMARTS) is 1. The van der Waals surface area contributed by atoms with Crippen molar-refractivity contribution >= 4 is 16.9 Å². The van der Waals surface area contributed by atoms with Crippen molar-refractivity contribution in [2.45, 2.75) is 6.54 Å². The highest BCUT2D eigenvalue weighted by Gasteiger charge is 2.11. The van der Waals surface area contributed by atoms with E-state index in [-0.39, 0.29) is 0 Å². The van der Waals surface area contributed by atoms with Crippen LogP contribution in [0.2, 0.25) is 0 Å². The van der Waals surface area contributed by atoms with Crippen molar-refractivity contribution in [1.82, 2.24) is 9.72 Å². The summed E-state index contributed by atoms with van der Waals surface area (Å²) in [7, 11) is 0. The number of benzene rings is 1. The molecule has 0 fully saturated rings. The molecule has 0 spiro atoms. The zero-order chi connectivity index (χ0) is 12.5. The van der Waals surface area contributed by atoms with Gasteiger partial charge in [0.05, 0.1) is 18.3 Å². The van der Waals surface area contributed by atoms with E-state index >= 15 is 0 Å². The Bertz CT molecular complexity index is 698. The van der Waals surface area contributed by atoms with E-state index in [0.29, 0.717) is 12.1 Å². The maximum atomic E-state index is 11.1. The molecule has 5 nitrogen and oxygen atoms in total. The van der Waals surface area contributed by atoms with Crippen LogP contribution >= 0.6 is 0 Å². The number of aromatic carboxylic acids is 1. The van der Waals surface area contributed by atoms with Crippen LogP contribution in [0.25, 0.3) is 10.9 Å². The van der Waals surface area contributed by atoms with E-state index in [0.717, 1.165) is 16.7 Å². The normalized spacial score (nSPS) is 10.9. The summed E-state index contributed by atoms with van der Waals surface area (Å²) < 4.78 is 6.98. The summed E-state index contributed by atoms with van der Waals surface area (Å²) in [6.45, 7) is 0.534. The Morgan fingerprint density at radius 2 is 2.22 bits per heavy atom. The average molecular weight is 242 g/mol. The van der Waals surface area contributed by atoms with Gasteiger partial charge in [-0.3, -0.25) is 0 Å². The average Bonchev–Trinajstić information content (AvgIpc) is 2.99. The monoisotopic (exact) mass is 242 g/mol. The summed E-state index contributed by atoms with van der Waals surface area (Å²) >= 11 is 0. The molecule has 0 saturated heterocycles. The van der Waals surface area contributed by atoms with Crippen molar-refractivity contribution in [1.29, 1.82) is 0 Å². The topological polar surface area (TPSA) is 68.3 Å². The fourth-order valence-corrected chi connectivity index (χ4v) is 2.04. The van der Waals surface area contributed by atoms with Crippen LogP contribution in [-0.4, -0.2) is 20.8 Å². The van der Waals surface area contributed by atoms with Crippen molar-refractivity contribution in [2.75, 3.05) is 0 Å². The SMILES string of the molecule is O=C(O)c1cccc2c1ccn2Cc1ccno1. The van der Waals surface area contributed by atoms with E-state index in [2.05, 4.69) is 5.16 Å². The molecule has 1 N–H and O–H groups in total. The molecule has 0 radical (unpaired) electrons. The van der Waals surface area contributed by atoms with Gasteiger partial charge in [0.1, 0.15) is 0 Å². The number of carbonyl (C=O) groups is 1. The number of rotatable bonds is 3.